The van der Waals surface area contributed by atoms with Gasteiger partial charge in [0, 0.05) is 24.4 Å². The van der Waals surface area contributed by atoms with E-state index in [0.29, 0.717) is 17.1 Å². The van der Waals surface area contributed by atoms with Crippen molar-refractivity contribution in [1.82, 2.24) is 4.90 Å². The topological polar surface area (TPSA) is 67.9 Å². The lowest BCUT2D eigenvalue weighted by molar-refractivity contribution is -0.129. The highest BCUT2D eigenvalue weighted by Gasteiger charge is 2.12. The standard InChI is InChI=1S/C22H26N2O4/c1-5-16-8-6-7-9-19(16)23-21(25)15-24(2)22(26)13-10-17-14-18(27-3)11-12-20(17)28-4/h6-14H,5,15H2,1-4H3,(H,23,25)/b13-10+. The summed E-state index contributed by atoms with van der Waals surface area (Å²) in [6, 6.07) is 12.9. The number of rotatable bonds is 8. The smallest absolute Gasteiger partial charge is 0.246 e. The average molecular weight is 382 g/mol. The van der Waals surface area contributed by atoms with Crippen LogP contribution < -0.4 is 14.8 Å². The van der Waals surface area contributed by atoms with Gasteiger partial charge >= 0.3 is 0 Å². The Hall–Kier alpha value is -3.28. The molecule has 0 saturated carbocycles. The van der Waals surface area contributed by atoms with Crippen LogP contribution in [0.3, 0.4) is 0 Å². The fourth-order valence-corrected chi connectivity index (χ4v) is 2.69. The summed E-state index contributed by atoms with van der Waals surface area (Å²) in [6.45, 7) is 1.98. The van der Waals surface area contributed by atoms with Gasteiger partial charge in [-0.1, -0.05) is 25.1 Å². The Morgan fingerprint density at radius 1 is 1.11 bits per heavy atom. The molecule has 0 fully saturated rings. The molecule has 0 bridgehead atoms. The Morgan fingerprint density at radius 2 is 1.86 bits per heavy atom. The van der Waals surface area contributed by atoms with Crippen LogP contribution in [0.5, 0.6) is 11.5 Å². The number of likely N-dealkylation sites (N-methyl/N-ethyl adjacent to an activating group) is 1. The summed E-state index contributed by atoms with van der Waals surface area (Å²) in [5.74, 6) is 0.754. The quantitative estimate of drug-likeness (QED) is 0.711. The minimum absolute atomic E-state index is 0.0452. The van der Waals surface area contributed by atoms with Crippen LogP contribution >= 0.6 is 0 Å². The molecule has 6 heteroatoms. The van der Waals surface area contributed by atoms with E-state index in [1.54, 1.807) is 45.5 Å². The summed E-state index contributed by atoms with van der Waals surface area (Å²) in [4.78, 5) is 26.0. The van der Waals surface area contributed by atoms with Crippen LogP contribution in [0, 0.1) is 0 Å². The van der Waals surface area contributed by atoms with Gasteiger partial charge in [0.2, 0.25) is 11.8 Å². The number of methoxy groups -OCH3 is 2. The number of nitrogens with zero attached hydrogens (tertiary/aromatic N) is 1. The predicted octanol–water partition coefficient (Wildman–Crippen LogP) is 3.38. The van der Waals surface area contributed by atoms with Gasteiger partial charge < -0.3 is 19.7 Å². The van der Waals surface area contributed by atoms with Crippen LogP contribution in [0.15, 0.2) is 48.5 Å². The second-order valence-electron chi connectivity index (χ2n) is 6.19. The lowest BCUT2D eigenvalue weighted by Crippen LogP contribution is -2.34. The number of hydrogen-bond acceptors (Lipinski definition) is 4. The van der Waals surface area contributed by atoms with E-state index in [4.69, 9.17) is 9.47 Å². The Labute approximate surface area is 165 Å². The molecule has 2 rings (SSSR count). The van der Waals surface area contributed by atoms with Crippen molar-refractivity contribution >= 4 is 23.6 Å². The number of nitrogens with one attached hydrogen (secondary N) is 1. The Morgan fingerprint density at radius 3 is 2.54 bits per heavy atom. The van der Waals surface area contributed by atoms with Crippen molar-refractivity contribution in [3.63, 3.8) is 0 Å². The third-order valence-corrected chi connectivity index (χ3v) is 4.27. The molecule has 0 spiro atoms. The Bertz CT molecular complexity index is 861. The SMILES string of the molecule is CCc1ccccc1NC(=O)CN(C)C(=O)/C=C/c1cc(OC)ccc1OC. The summed E-state index contributed by atoms with van der Waals surface area (Å²) >= 11 is 0. The number of para-hydroxylation sites is 1. The van der Waals surface area contributed by atoms with Crippen molar-refractivity contribution < 1.29 is 19.1 Å². The summed E-state index contributed by atoms with van der Waals surface area (Å²) in [6.07, 6.45) is 3.87. The number of carbonyl (C=O) groups is 2. The van der Waals surface area contributed by atoms with Crippen molar-refractivity contribution in [2.75, 3.05) is 33.1 Å². The molecule has 2 amide bonds. The van der Waals surface area contributed by atoms with Crippen LogP contribution in [-0.4, -0.2) is 44.5 Å². The zero-order valence-corrected chi connectivity index (χ0v) is 16.7. The second kappa shape index (κ2) is 10.2. The fraction of sp³-hybridized carbons (Fsp3) is 0.273. The third-order valence-electron chi connectivity index (χ3n) is 4.27. The normalized spacial score (nSPS) is 10.6. The zero-order valence-electron chi connectivity index (χ0n) is 16.7. The van der Waals surface area contributed by atoms with Crippen LogP contribution in [0.1, 0.15) is 18.1 Å². The van der Waals surface area contributed by atoms with Gasteiger partial charge in [0.25, 0.3) is 0 Å². The molecule has 28 heavy (non-hydrogen) atoms. The predicted molar refractivity (Wildman–Crippen MR) is 111 cm³/mol. The van der Waals surface area contributed by atoms with Crippen molar-refractivity contribution in [3.8, 4) is 11.5 Å². The molecule has 0 aromatic heterocycles. The minimum Gasteiger partial charge on any atom is -0.497 e. The number of carbonyl (C=O) groups excluding carboxylic acids is 2. The molecule has 2 aromatic rings. The molecule has 0 aliphatic rings. The summed E-state index contributed by atoms with van der Waals surface area (Å²) in [7, 11) is 4.72. The number of ether oxygens (including phenoxy) is 2. The van der Waals surface area contributed by atoms with Gasteiger partial charge in [0.05, 0.1) is 20.8 Å². The number of anilines is 1. The molecule has 2 aromatic carbocycles. The van der Waals surface area contributed by atoms with Crippen LogP contribution in [-0.2, 0) is 16.0 Å². The number of amides is 2. The van der Waals surface area contributed by atoms with Crippen molar-refractivity contribution in [1.29, 1.82) is 0 Å². The average Bonchev–Trinajstić information content (AvgIpc) is 2.71. The van der Waals surface area contributed by atoms with Gasteiger partial charge in [-0.2, -0.15) is 0 Å². The summed E-state index contributed by atoms with van der Waals surface area (Å²) < 4.78 is 10.5. The van der Waals surface area contributed by atoms with Crippen molar-refractivity contribution in [2.24, 2.45) is 0 Å². The highest BCUT2D eigenvalue weighted by molar-refractivity contribution is 5.98. The van der Waals surface area contributed by atoms with E-state index < -0.39 is 0 Å². The first-order valence-electron chi connectivity index (χ1n) is 9.01. The molecule has 1 N–H and O–H groups in total. The first-order chi connectivity index (χ1) is 13.5. The maximum Gasteiger partial charge on any atom is 0.246 e. The first-order valence-corrected chi connectivity index (χ1v) is 9.01. The van der Waals surface area contributed by atoms with E-state index in [0.717, 1.165) is 17.7 Å². The lowest BCUT2D eigenvalue weighted by Gasteiger charge is -2.16. The maximum atomic E-state index is 12.4. The molecule has 0 aliphatic carbocycles. The number of hydrogen-bond donors (Lipinski definition) is 1. The van der Waals surface area contributed by atoms with Crippen LogP contribution in [0.2, 0.25) is 0 Å². The van der Waals surface area contributed by atoms with E-state index in [9.17, 15) is 9.59 Å². The van der Waals surface area contributed by atoms with E-state index in [1.807, 2.05) is 31.2 Å². The van der Waals surface area contributed by atoms with E-state index in [2.05, 4.69) is 5.32 Å². The molecular weight excluding hydrogens is 356 g/mol. The molecular formula is C22H26N2O4. The number of benzene rings is 2. The van der Waals surface area contributed by atoms with Crippen LogP contribution in [0.4, 0.5) is 5.69 Å². The molecule has 6 nitrogen and oxygen atoms in total. The summed E-state index contributed by atoms with van der Waals surface area (Å²) in [5.41, 5.74) is 2.53. The third kappa shape index (κ3) is 5.61. The molecule has 0 aliphatic heterocycles. The van der Waals surface area contributed by atoms with Crippen molar-refractivity contribution in [3.05, 3.63) is 59.7 Å². The molecule has 0 radical (unpaired) electrons. The minimum atomic E-state index is -0.288. The second-order valence-corrected chi connectivity index (χ2v) is 6.19. The summed E-state index contributed by atoms with van der Waals surface area (Å²) in [5, 5.41) is 2.86. The molecule has 0 heterocycles. The lowest BCUT2D eigenvalue weighted by atomic mass is 10.1. The first kappa shape index (κ1) is 21.0. The molecule has 0 unspecified atom stereocenters. The van der Waals surface area contributed by atoms with Gasteiger partial charge in [0.15, 0.2) is 0 Å². The van der Waals surface area contributed by atoms with Crippen molar-refractivity contribution in [2.45, 2.75) is 13.3 Å². The Kier molecular flexibility index (Phi) is 7.63. The largest absolute Gasteiger partial charge is 0.497 e. The number of aryl methyl sites for hydroxylation is 1. The van der Waals surface area contributed by atoms with Gasteiger partial charge in [-0.15, -0.1) is 0 Å². The Balaban J connectivity index is 2.01. The maximum absolute atomic E-state index is 12.4. The molecule has 0 saturated heterocycles. The zero-order chi connectivity index (χ0) is 20.5. The highest BCUT2D eigenvalue weighted by Crippen LogP contribution is 2.25. The molecule has 148 valence electrons. The van der Waals surface area contributed by atoms with E-state index in [1.165, 1.54) is 11.0 Å². The highest BCUT2D eigenvalue weighted by atomic mass is 16.5. The fourth-order valence-electron chi connectivity index (χ4n) is 2.69. The van der Waals surface area contributed by atoms with Gasteiger partial charge in [0.1, 0.15) is 11.5 Å². The van der Waals surface area contributed by atoms with E-state index >= 15 is 0 Å². The van der Waals surface area contributed by atoms with E-state index in [-0.39, 0.29) is 18.4 Å². The van der Waals surface area contributed by atoms with Gasteiger partial charge in [-0.05, 0) is 42.3 Å². The van der Waals surface area contributed by atoms with Crippen LogP contribution in [0.25, 0.3) is 6.08 Å². The van der Waals surface area contributed by atoms with Gasteiger partial charge in [-0.3, -0.25) is 9.59 Å². The monoisotopic (exact) mass is 382 g/mol. The van der Waals surface area contributed by atoms with Gasteiger partial charge in [-0.25, -0.2) is 0 Å². The molecule has 0 atom stereocenters.